The Morgan fingerprint density at radius 1 is 1.43 bits per heavy atom. The number of carbonyl (C=O) groups is 1. The third-order valence-corrected chi connectivity index (χ3v) is 3.08. The summed E-state index contributed by atoms with van der Waals surface area (Å²) in [6.45, 7) is 8.70. The summed E-state index contributed by atoms with van der Waals surface area (Å²) in [6.07, 6.45) is 0.647. The van der Waals surface area contributed by atoms with Gasteiger partial charge in [0, 0.05) is 24.6 Å². The van der Waals surface area contributed by atoms with E-state index in [1.807, 2.05) is 20.8 Å². The van der Waals surface area contributed by atoms with Crippen LogP contribution < -0.4 is 15.7 Å². The molecule has 0 bridgehead atoms. The molecule has 1 atom stereocenters. The molecule has 116 valence electrons. The molecule has 1 saturated heterocycles. The molecule has 0 unspecified atom stereocenters. The van der Waals surface area contributed by atoms with Crippen LogP contribution in [0.1, 0.15) is 33.0 Å². The van der Waals surface area contributed by atoms with Gasteiger partial charge < -0.3 is 19.4 Å². The summed E-state index contributed by atoms with van der Waals surface area (Å²) in [7, 11) is 0. The van der Waals surface area contributed by atoms with Crippen LogP contribution in [0, 0.1) is 6.92 Å². The normalized spacial score (nSPS) is 18.7. The molecule has 0 radical (unpaired) electrons. The van der Waals surface area contributed by atoms with Crippen molar-refractivity contribution < 1.29 is 13.9 Å². The highest BCUT2D eigenvalue weighted by molar-refractivity contribution is 5.75. The van der Waals surface area contributed by atoms with E-state index in [-0.39, 0.29) is 17.7 Å². The van der Waals surface area contributed by atoms with Gasteiger partial charge in [-0.15, -0.1) is 0 Å². The number of nitrogens with one attached hydrogen (secondary N) is 1. The third-order valence-electron chi connectivity index (χ3n) is 3.08. The fourth-order valence-corrected chi connectivity index (χ4v) is 2.24. The second-order valence-corrected chi connectivity index (χ2v) is 6.38. The van der Waals surface area contributed by atoms with Crippen molar-refractivity contribution >= 4 is 6.03 Å². The largest absolute Gasteiger partial charge is 0.488 e. The average Bonchev–Trinajstić information content (AvgIpc) is 2.73. The lowest BCUT2D eigenvalue weighted by Gasteiger charge is -2.25. The molecular weight excluding hydrogens is 272 g/mol. The van der Waals surface area contributed by atoms with E-state index in [1.165, 1.54) is 6.07 Å². The highest BCUT2D eigenvalue weighted by Crippen LogP contribution is 2.18. The van der Waals surface area contributed by atoms with Crippen LogP contribution >= 0.6 is 0 Å². The predicted octanol–water partition coefficient (Wildman–Crippen LogP) is 1.91. The van der Waals surface area contributed by atoms with Crippen LogP contribution in [-0.2, 0) is 0 Å². The van der Waals surface area contributed by atoms with Gasteiger partial charge in [-0.1, -0.05) is 0 Å². The van der Waals surface area contributed by atoms with E-state index in [4.69, 9.17) is 9.15 Å². The van der Waals surface area contributed by atoms with Crippen LogP contribution in [0.15, 0.2) is 21.3 Å². The molecule has 1 aromatic heterocycles. The van der Waals surface area contributed by atoms with E-state index in [1.54, 1.807) is 17.9 Å². The van der Waals surface area contributed by atoms with Gasteiger partial charge in [0.1, 0.15) is 17.6 Å². The highest BCUT2D eigenvalue weighted by Gasteiger charge is 2.29. The number of amides is 2. The van der Waals surface area contributed by atoms with E-state index in [9.17, 15) is 9.59 Å². The summed E-state index contributed by atoms with van der Waals surface area (Å²) in [5.74, 6) is 1.00. The molecule has 6 heteroatoms. The number of rotatable bonds is 2. The Kier molecular flexibility index (Phi) is 4.25. The van der Waals surface area contributed by atoms with Gasteiger partial charge in [-0.2, -0.15) is 0 Å². The summed E-state index contributed by atoms with van der Waals surface area (Å²) < 4.78 is 10.7. The highest BCUT2D eigenvalue weighted by atomic mass is 16.5. The first kappa shape index (κ1) is 15.4. The molecule has 1 aliphatic heterocycles. The quantitative estimate of drug-likeness (QED) is 0.904. The Morgan fingerprint density at radius 3 is 2.76 bits per heavy atom. The zero-order chi connectivity index (χ0) is 15.6. The second-order valence-electron chi connectivity index (χ2n) is 6.38. The molecule has 1 N–H and O–H groups in total. The molecule has 6 nitrogen and oxygen atoms in total. The topological polar surface area (TPSA) is 71.8 Å². The van der Waals surface area contributed by atoms with E-state index in [0.717, 1.165) is 6.42 Å². The fourth-order valence-electron chi connectivity index (χ4n) is 2.24. The first-order valence-electron chi connectivity index (χ1n) is 7.08. The first-order valence-corrected chi connectivity index (χ1v) is 7.08. The maximum Gasteiger partial charge on any atom is 0.339 e. The molecule has 21 heavy (non-hydrogen) atoms. The van der Waals surface area contributed by atoms with Crippen LogP contribution in [-0.4, -0.2) is 35.7 Å². The number of hydrogen-bond donors (Lipinski definition) is 1. The number of aryl methyl sites for hydroxylation is 1. The predicted molar refractivity (Wildman–Crippen MR) is 78.6 cm³/mol. The second kappa shape index (κ2) is 5.79. The zero-order valence-electron chi connectivity index (χ0n) is 12.9. The Labute approximate surface area is 124 Å². The lowest BCUT2D eigenvalue weighted by atomic mass is 10.1. The van der Waals surface area contributed by atoms with Gasteiger partial charge >= 0.3 is 11.7 Å². The van der Waals surface area contributed by atoms with Gasteiger partial charge in [0.05, 0.1) is 12.6 Å². The van der Waals surface area contributed by atoms with Crippen molar-refractivity contribution in [1.29, 1.82) is 0 Å². The van der Waals surface area contributed by atoms with Gasteiger partial charge in [0.25, 0.3) is 0 Å². The van der Waals surface area contributed by atoms with Crippen molar-refractivity contribution in [3.63, 3.8) is 0 Å². The SMILES string of the molecule is Cc1cc(O[C@H]2CCN(C(=O)NC(C)(C)C)C2)cc(=O)o1. The van der Waals surface area contributed by atoms with Gasteiger partial charge in [-0.25, -0.2) is 9.59 Å². The maximum atomic E-state index is 12.1. The number of carbonyl (C=O) groups excluding carboxylic acids is 1. The fraction of sp³-hybridized carbons (Fsp3) is 0.600. The van der Waals surface area contributed by atoms with Crippen LogP contribution in [0.2, 0.25) is 0 Å². The summed E-state index contributed by atoms with van der Waals surface area (Å²) in [5, 5.41) is 2.93. The molecule has 1 aromatic rings. The summed E-state index contributed by atoms with van der Waals surface area (Å²) in [5.41, 5.74) is -0.684. The Balaban J connectivity index is 1.93. The standard InChI is InChI=1S/C15H22N2O4/c1-10-7-12(8-13(18)20-10)21-11-5-6-17(9-11)14(19)16-15(2,3)4/h7-8,11H,5-6,9H2,1-4H3,(H,16,19)/t11-/m0/s1. The van der Waals surface area contributed by atoms with Crippen LogP contribution in [0.5, 0.6) is 5.75 Å². The number of nitrogens with zero attached hydrogens (tertiary/aromatic N) is 1. The van der Waals surface area contributed by atoms with Crippen molar-refractivity contribution in [3.8, 4) is 5.75 Å². The molecule has 1 aliphatic rings. The molecule has 1 fully saturated rings. The minimum absolute atomic E-state index is 0.0858. The molecule has 2 heterocycles. The van der Waals surface area contributed by atoms with Gasteiger partial charge in [0.15, 0.2) is 0 Å². The third kappa shape index (κ3) is 4.51. The number of ether oxygens (including phenoxy) is 1. The molecule has 0 saturated carbocycles. The molecule has 0 aromatic carbocycles. The maximum absolute atomic E-state index is 12.1. The van der Waals surface area contributed by atoms with E-state index in [2.05, 4.69) is 5.32 Å². The molecule has 0 aliphatic carbocycles. The lowest BCUT2D eigenvalue weighted by molar-refractivity contribution is 0.180. The van der Waals surface area contributed by atoms with Crippen molar-refractivity contribution in [2.45, 2.75) is 45.8 Å². The van der Waals surface area contributed by atoms with Crippen LogP contribution in [0.25, 0.3) is 0 Å². The molecule has 2 amide bonds. The van der Waals surface area contributed by atoms with Gasteiger partial charge in [-0.05, 0) is 27.7 Å². The van der Waals surface area contributed by atoms with Crippen LogP contribution in [0.3, 0.4) is 0 Å². The van der Waals surface area contributed by atoms with Gasteiger partial charge in [-0.3, -0.25) is 0 Å². The summed E-state index contributed by atoms with van der Waals surface area (Å²) in [6, 6.07) is 2.92. The van der Waals surface area contributed by atoms with E-state index >= 15 is 0 Å². The minimum atomic E-state index is -0.426. The van der Waals surface area contributed by atoms with E-state index < -0.39 is 5.63 Å². The average molecular weight is 294 g/mol. The monoisotopic (exact) mass is 294 g/mol. The number of hydrogen-bond acceptors (Lipinski definition) is 4. The summed E-state index contributed by atoms with van der Waals surface area (Å²) >= 11 is 0. The minimum Gasteiger partial charge on any atom is -0.488 e. The Morgan fingerprint density at radius 2 is 2.14 bits per heavy atom. The van der Waals surface area contributed by atoms with Gasteiger partial charge in [0.2, 0.25) is 0 Å². The zero-order valence-corrected chi connectivity index (χ0v) is 12.9. The van der Waals surface area contributed by atoms with E-state index in [0.29, 0.717) is 24.6 Å². The number of urea groups is 1. The lowest BCUT2D eigenvalue weighted by Crippen LogP contribution is -2.48. The Hall–Kier alpha value is -1.98. The molecule has 0 spiro atoms. The smallest absolute Gasteiger partial charge is 0.339 e. The molecule has 2 rings (SSSR count). The van der Waals surface area contributed by atoms with Crippen molar-refractivity contribution in [2.75, 3.05) is 13.1 Å². The molecular formula is C15H22N2O4. The summed E-state index contributed by atoms with van der Waals surface area (Å²) in [4.78, 5) is 25.1. The number of likely N-dealkylation sites (tertiary alicyclic amines) is 1. The first-order chi connectivity index (χ1) is 9.73. The Bertz CT molecular complexity index is 574. The van der Waals surface area contributed by atoms with Crippen LogP contribution in [0.4, 0.5) is 4.79 Å². The van der Waals surface area contributed by atoms with Crippen molar-refractivity contribution in [3.05, 3.63) is 28.3 Å². The van der Waals surface area contributed by atoms with Crippen molar-refractivity contribution in [2.24, 2.45) is 0 Å². The van der Waals surface area contributed by atoms with Crippen molar-refractivity contribution in [1.82, 2.24) is 10.2 Å².